The van der Waals surface area contributed by atoms with Crippen molar-refractivity contribution < 1.29 is 21.8 Å². The maximum absolute atomic E-state index is 12.1. The van der Waals surface area contributed by atoms with Crippen molar-refractivity contribution in [3.8, 4) is 0 Å². The molecule has 0 aliphatic rings. The van der Waals surface area contributed by atoms with Gasteiger partial charge in [0.2, 0.25) is 0 Å². The monoisotopic (exact) mass is 310 g/mol. The van der Waals surface area contributed by atoms with Crippen molar-refractivity contribution in [1.82, 2.24) is 0 Å². The van der Waals surface area contributed by atoms with E-state index in [1.165, 1.54) is 22.3 Å². The predicted octanol–water partition coefficient (Wildman–Crippen LogP) is -1.68. The first kappa shape index (κ1) is 19.0. The molecule has 0 amide bonds. The molecule has 1 nitrogen and oxygen atoms in total. The molecule has 0 spiro atoms. The number of hydrogen-bond donors (Lipinski definition) is 0. The number of hydrogen-bond acceptors (Lipinski definition) is 1. The first-order valence-electron chi connectivity index (χ1n) is 5.03. The van der Waals surface area contributed by atoms with Gasteiger partial charge in [0.15, 0.2) is 0 Å². The van der Waals surface area contributed by atoms with Gasteiger partial charge in [-0.25, -0.2) is 0 Å². The van der Waals surface area contributed by atoms with E-state index in [2.05, 4.69) is 33.8 Å². The van der Waals surface area contributed by atoms with Crippen molar-refractivity contribution in [2.75, 3.05) is 0 Å². The Bertz CT molecular complexity index is 372. The Morgan fingerprint density at radius 3 is 1.75 bits per heavy atom. The van der Waals surface area contributed by atoms with Crippen LogP contribution in [0.4, 0.5) is 0 Å². The van der Waals surface area contributed by atoms with Crippen molar-refractivity contribution in [2.24, 2.45) is 0 Å². The smallest absolute Gasteiger partial charge is 1.00 e. The molecule has 0 aliphatic carbocycles. The van der Waals surface area contributed by atoms with Crippen LogP contribution in [0.15, 0.2) is 6.07 Å². The second kappa shape index (κ2) is 6.54. The average Bonchev–Trinajstić information content (AvgIpc) is 2.06. The molecular weight excluding hydrogens is 292 g/mol. The Hall–Kier alpha value is 0.643. The second-order valence-electron chi connectivity index (χ2n) is 4.63. The molecule has 0 fully saturated rings. The van der Waals surface area contributed by atoms with E-state index in [9.17, 15) is 4.80 Å². The molecule has 16 heavy (non-hydrogen) atoms. The van der Waals surface area contributed by atoms with Gasteiger partial charge >= 0.3 is 23.1 Å². The molecule has 0 bridgehead atoms. The minimum atomic E-state index is -2.41. The molecule has 0 aliphatic heterocycles. The SMILES string of the molecule is Cc1cc([Si](C)(C)[O-])c(C)c(C)c1C.[Br-].[Mg+2]. The van der Waals surface area contributed by atoms with E-state index in [-0.39, 0.29) is 40.0 Å². The van der Waals surface area contributed by atoms with Gasteiger partial charge in [0.1, 0.15) is 0 Å². The Labute approximate surface area is 127 Å². The van der Waals surface area contributed by atoms with Gasteiger partial charge in [-0.3, -0.25) is 0 Å². The maximum Gasteiger partial charge on any atom is 2.00 e. The predicted molar refractivity (Wildman–Crippen MR) is 68.3 cm³/mol. The van der Waals surface area contributed by atoms with E-state index in [0.29, 0.717) is 0 Å². The molecule has 0 unspecified atom stereocenters. The van der Waals surface area contributed by atoms with E-state index in [4.69, 9.17) is 0 Å². The fourth-order valence-electron chi connectivity index (χ4n) is 1.84. The summed E-state index contributed by atoms with van der Waals surface area (Å²) < 4.78 is 0. The summed E-state index contributed by atoms with van der Waals surface area (Å²) in [6.07, 6.45) is 0. The fraction of sp³-hybridized carbons (Fsp3) is 0.500. The summed E-state index contributed by atoms with van der Waals surface area (Å²) in [5, 5.41) is 1.07. The van der Waals surface area contributed by atoms with Crippen LogP contribution in [0, 0.1) is 27.7 Å². The van der Waals surface area contributed by atoms with Crippen molar-refractivity contribution in [3.63, 3.8) is 0 Å². The van der Waals surface area contributed by atoms with E-state index >= 15 is 0 Å². The molecular formula is C12H19BrMgOSi. The summed E-state index contributed by atoms with van der Waals surface area (Å²) in [6.45, 7) is 12.1. The first-order chi connectivity index (χ1) is 6.25. The Kier molecular flexibility index (Phi) is 7.77. The molecule has 0 heterocycles. The van der Waals surface area contributed by atoms with Crippen LogP contribution in [0.5, 0.6) is 0 Å². The average molecular weight is 312 g/mol. The van der Waals surface area contributed by atoms with Gasteiger partial charge in [-0.05, 0) is 52.7 Å². The second-order valence-corrected chi connectivity index (χ2v) is 8.19. The van der Waals surface area contributed by atoms with Crippen LogP contribution in [0.25, 0.3) is 0 Å². The summed E-state index contributed by atoms with van der Waals surface area (Å²) in [7, 11) is -2.41. The number of halogens is 1. The van der Waals surface area contributed by atoms with Crippen molar-refractivity contribution in [1.29, 1.82) is 0 Å². The third-order valence-electron chi connectivity index (χ3n) is 3.13. The summed E-state index contributed by atoms with van der Waals surface area (Å²) in [5.41, 5.74) is 5.07. The van der Waals surface area contributed by atoms with Crippen LogP contribution in [0.3, 0.4) is 0 Å². The largest absolute Gasteiger partial charge is 2.00 e. The third-order valence-corrected chi connectivity index (χ3v) is 4.95. The zero-order valence-corrected chi connectivity index (χ0v) is 15.1. The van der Waals surface area contributed by atoms with E-state index in [1.807, 2.05) is 13.1 Å². The van der Waals surface area contributed by atoms with Gasteiger partial charge in [-0.15, -0.1) is 0 Å². The minimum absolute atomic E-state index is 0. The zero-order valence-electron chi connectivity index (χ0n) is 11.1. The number of aryl methyl sites for hydroxylation is 1. The van der Waals surface area contributed by atoms with E-state index in [0.717, 1.165) is 5.19 Å². The van der Waals surface area contributed by atoms with Crippen LogP contribution in [0.1, 0.15) is 22.3 Å². The summed E-state index contributed by atoms with van der Waals surface area (Å²) >= 11 is 0. The Morgan fingerprint density at radius 1 is 0.938 bits per heavy atom. The quantitative estimate of drug-likeness (QED) is 0.568. The number of rotatable bonds is 1. The molecule has 0 saturated heterocycles. The van der Waals surface area contributed by atoms with Crippen LogP contribution >= 0.6 is 0 Å². The van der Waals surface area contributed by atoms with Crippen LogP contribution < -0.4 is 27.0 Å². The van der Waals surface area contributed by atoms with Crippen molar-refractivity contribution >= 4 is 36.6 Å². The van der Waals surface area contributed by atoms with Gasteiger partial charge in [0.25, 0.3) is 0 Å². The molecule has 0 N–H and O–H groups in total. The van der Waals surface area contributed by atoms with Gasteiger partial charge < -0.3 is 21.8 Å². The van der Waals surface area contributed by atoms with E-state index < -0.39 is 8.32 Å². The van der Waals surface area contributed by atoms with Gasteiger partial charge in [0.05, 0.1) is 0 Å². The maximum atomic E-state index is 12.1. The molecule has 4 heteroatoms. The number of benzene rings is 1. The van der Waals surface area contributed by atoms with Crippen molar-refractivity contribution in [2.45, 2.75) is 40.8 Å². The van der Waals surface area contributed by atoms with Crippen molar-refractivity contribution in [3.05, 3.63) is 28.3 Å². The molecule has 86 valence electrons. The normalized spacial score (nSPS) is 10.4. The van der Waals surface area contributed by atoms with Gasteiger partial charge in [-0.2, -0.15) is 0 Å². The molecule has 0 radical (unpaired) electrons. The molecule has 0 atom stereocenters. The molecule has 1 aromatic carbocycles. The summed E-state index contributed by atoms with van der Waals surface area (Å²) in [6, 6.07) is 2.09. The topological polar surface area (TPSA) is 23.1 Å². The summed E-state index contributed by atoms with van der Waals surface area (Å²) in [5.74, 6) is 0. The summed E-state index contributed by atoms with van der Waals surface area (Å²) in [4.78, 5) is 12.1. The van der Waals surface area contributed by atoms with Crippen LogP contribution in [-0.2, 0) is 0 Å². The zero-order chi connectivity index (χ0) is 11.1. The molecule has 0 aromatic heterocycles. The third kappa shape index (κ3) is 3.84. The fourth-order valence-corrected chi connectivity index (χ4v) is 3.49. The molecule has 0 saturated carbocycles. The van der Waals surface area contributed by atoms with Gasteiger partial charge in [0, 0.05) is 0 Å². The van der Waals surface area contributed by atoms with Crippen LogP contribution in [-0.4, -0.2) is 31.4 Å². The standard InChI is InChI=1S/C12H19OSi.BrH.Mg/c1-8-7-12(14(5,6)13)11(4)10(3)9(8)2;;/h7H,1-6H3;1H;/q-1;;+2/p-1. The van der Waals surface area contributed by atoms with Gasteiger partial charge in [-0.1, -0.05) is 29.9 Å². The Morgan fingerprint density at radius 2 is 1.38 bits per heavy atom. The molecule has 1 rings (SSSR count). The molecule has 1 aromatic rings. The minimum Gasteiger partial charge on any atom is -1.00 e. The Balaban J connectivity index is 0. The van der Waals surface area contributed by atoms with Crippen LogP contribution in [0.2, 0.25) is 13.1 Å². The van der Waals surface area contributed by atoms with E-state index in [1.54, 1.807) is 0 Å². The first-order valence-corrected chi connectivity index (χ1v) is 7.94.